The van der Waals surface area contributed by atoms with E-state index in [2.05, 4.69) is 54.3 Å². The van der Waals surface area contributed by atoms with Gasteiger partial charge >= 0.3 is 137 Å². The van der Waals surface area contributed by atoms with Crippen LogP contribution in [0, 0.1) is 0 Å². The summed E-state index contributed by atoms with van der Waals surface area (Å²) < 4.78 is 13.9. The zero-order chi connectivity index (χ0) is 23.8. The summed E-state index contributed by atoms with van der Waals surface area (Å²) in [5, 5.41) is 0. The fraction of sp³-hybridized carbons (Fsp3) is 0.917. The molecular formula is C24H52O4SiSn. The van der Waals surface area contributed by atoms with E-state index in [9.17, 15) is 9.59 Å². The molecule has 0 bridgehead atoms. The van der Waals surface area contributed by atoms with Crippen LogP contribution in [0.25, 0.3) is 0 Å². The Morgan fingerprint density at radius 1 is 0.833 bits per heavy atom. The van der Waals surface area contributed by atoms with E-state index in [1.54, 1.807) is 7.11 Å². The summed E-state index contributed by atoms with van der Waals surface area (Å²) >= 11 is -2.54. The van der Waals surface area contributed by atoms with E-state index in [0.29, 0.717) is 12.7 Å². The van der Waals surface area contributed by atoms with Crippen LogP contribution in [-0.4, -0.2) is 52.1 Å². The van der Waals surface area contributed by atoms with Crippen LogP contribution in [0.15, 0.2) is 0 Å². The van der Waals surface area contributed by atoms with Crippen molar-refractivity contribution in [1.82, 2.24) is 0 Å². The molecule has 0 spiro atoms. The van der Waals surface area contributed by atoms with Crippen molar-refractivity contribution in [2.75, 3.05) is 13.7 Å². The molecule has 0 atom stereocenters. The van der Waals surface area contributed by atoms with Gasteiger partial charge < -0.3 is 4.74 Å². The molecule has 0 aromatic heterocycles. The van der Waals surface area contributed by atoms with Crippen LogP contribution < -0.4 is 0 Å². The van der Waals surface area contributed by atoms with Crippen LogP contribution in [0.2, 0.25) is 42.4 Å². The second kappa shape index (κ2) is 16.6. The average Bonchev–Trinajstić information content (AvgIpc) is 2.66. The molecule has 0 fully saturated rings. The first kappa shape index (κ1) is 32.1. The van der Waals surface area contributed by atoms with Crippen molar-refractivity contribution in [3.8, 4) is 0 Å². The molecule has 6 heteroatoms. The minimum atomic E-state index is -2.54. The molecule has 0 heterocycles. The summed E-state index contributed by atoms with van der Waals surface area (Å²) in [5.74, 6) is 0.0123. The van der Waals surface area contributed by atoms with E-state index in [1.165, 1.54) is 51.8 Å². The van der Waals surface area contributed by atoms with Crippen molar-refractivity contribution >= 4 is 38.4 Å². The maximum atomic E-state index is 12.4. The Morgan fingerprint density at radius 2 is 1.23 bits per heavy atom. The molecule has 0 aromatic carbocycles. The van der Waals surface area contributed by atoms with E-state index in [-0.39, 0.29) is 15.4 Å². The Bertz CT molecular complexity index is 451. The van der Waals surface area contributed by atoms with Gasteiger partial charge in [-0.15, -0.1) is 0 Å². The summed E-state index contributed by atoms with van der Waals surface area (Å²) in [6.07, 6.45) is 7.62. The zero-order valence-electron chi connectivity index (χ0n) is 21.9. The van der Waals surface area contributed by atoms with Gasteiger partial charge in [0.2, 0.25) is 0 Å². The summed E-state index contributed by atoms with van der Waals surface area (Å²) in [5.41, 5.74) is 0. The number of methoxy groups -OCH3 is 1. The maximum Gasteiger partial charge on any atom is 0.303 e. The SMILES string of the molecule is CCC[CH2][Sn]([CH2]CCC)([CH2]CCC)[C](C)(C)C(=O)OC.CCOC(=O)C[Si](C)(C)C. The van der Waals surface area contributed by atoms with Crippen LogP contribution in [0.1, 0.15) is 80.1 Å². The summed E-state index contributed by atoms with van der Waals surface area (Å²) in [6, 6.07) is 0.640. The maximum absolute atomic E-state index is 12.4. The van der Waals surface area contributed by atoms with Crippen molar-refractivity contribution in [3.05, 3.63) is 0 Å². The minimum Gasteiger partial charge on any atom is -0.466 e. The number of rotatable bonds is 14. The average molecular weight is 551 g/mol. The van der Waals surface area contributed by atoms with Crippen molar-refractivity contribution in [2.24, 2.45) is 0 Å². The Balaban J connectivity index is 0. The van der Waals surface area contributed by atoms with Crippen LogP contribution in [0.5, 0.6) is 0 Å². The summed E-state index contributed by atoms with van der Waals surface area (Å²) in [4.78, 5) is 23.3. The second-order valence-electron chi connectivity index (χ2n) is 10.3. The fourth-order valence-corrected chi connectivity index (χ4v) is 22.8. The van der Waals surface area contributed by atoms with Crippen LogP contribution in [-0.2, 0) is 19.1 Å². The predicted molar refractivity (Wildman–Crippen MR) is 136 cm³/mol. The molecule has 0 rings (SSSR count). The van der Waals surface area contributed by atoms with Crippen molar-refractivity contribution in [3.63, 3.8) is 0 Å². The van der Waals surface area contributed by atoms with Crippen molar-refractivity contribution < 1.29 is 19.1 Å². The van der Waals surface area contributed by atoms with Gasteiger partial charge in [0.25, 0.3) is 0 Å². The third kappa shape index (κ3) is 12.7. The van der Waals surface area contributed by atoms with Crippen molar-refractivity contribution in [2.45, 2.75) is 122 Å². The van der Waals surface area contributed by atoms with Gasteiger partial charge in [-0.05, 0) is 6.92 Å². The number of hydrogen-bond acceptors (Lipinski definition) is 4. The smallest absolute Gasteiger partial charge is 0.303 e. The minimum absolute atomic E-state index is 0.0401. The predicted octanol–water partition coefficient (Wildman–Crippen LogP) is 7.68. The van der Waals surface area contributed by atoms with Gasteiger partial charge in [-0.2, -0.15) is 0 Å². The van der Waals surface area contributed by atoms with Crippen LogP contribution in [0.3, 0.4) is 0 Å². The van der Waals surface area contributed by atoms with Gasteiger partial charge in [0.05, 0.1) is 14.7 Å². The fourth-order valence-electron chi connectivity index (χ4n) is 3.97. The largest absolute Gasteiger partial charge is 0.466 e. The molecule has 0 unspecified atom stereocenters. The number of unbranched alkanes of at least 4 members (excludes halogenated alkanes) is 3. The number of hydrogen-bond donors (Lipinski definition) is 0. The first-order valence-corrected chi connectivity index (χ1v) is 23.3. The van der Waals surface area contributed by atoms with Gasteiger partial charge in [-0.1, -0.05) is 19.6 Å². The first-order valence-electron chi connectivity index (χ1n) is 12.1. The molecule has 0 saturated carbocycles. The van der Waals surface area contributed by atoms with E-state index >= 15 is 0 Å². The summed E-state index contributed by atoms with van der Waals surface area (Å²) in [6.45, 7) is 20.0. The Morgan fingerprint density at radius 3 is 1.50 bits per heavy atom. The standard InChI is InChI=1S/C7H16O2Si.C5H9O2.3C4H9.Sn/c1-5-9-7(8)6-10(2,3)4;1-4(2)5(6)7-3;3*1-3-4-2;/h5-6H2,1-4H3;1-3H3;3*1,3-4H2,2H3;. The molecule has 0 aliphatic heterocycles. The molecule has 0 aliphatic rings. The third-order valence-electron chi connectivity index (χ3n) is 6.03. The molecule has 0 amide bonds. The molecule has 180 valence electrons. The molecule has 0 radical (unpaired) electrons. The number of carbonyl (C=O) groups excluding carboxylic acids is 2. The topological polar surface area (TPSA) is 52.6 Å². The normalized spacial score (nSPS) is 12.1. The van der Waals surface area contributed by atoms with Crippen LogP contribution >= 0.6 is 0 Å². The van der Waals surface area contributed by atoms with E-state index in [0.717, 1.165) is 0 Å². The van der Waals surface area contributed by atoms with E-state index < -0.39 is 26.5 Å². The molecule has 30 heavy (non-hydrogen) atoms. The van der Waals surface area contributed by atoms with Gasteiger partial charge in [0.1, 0.15) is 0 Å². The number of ether oxygens (including phenoxy) is 2. The number of carbonyl (C=O) groups is 2. The van der Waals surface area contributed by atoms with Crippen molar-refractivity contribution in [1.29, 1.82) is 0 Å². The number of esters is 2. The second-order valence-corrected chi connectivity index (χ2v) is 30.9. The molecule has 0 aliphatic carbocycles. The molecular weight excluding hydrogens is 499 g/mol. The first-order chi connectivity index (χ1) is 13.9. The van der Waals surface area contributed by atoms with Gasteiger partial charge in [-0.3, -0.25) is 4.79 Å². The van der Waals surface area contributed by atoms with Crippen LogP contribution in [0.4, 0.5) is 0 Å². The Hall–Kier alpha value is -0.0444. The van der Waals surface area contributed by atoms with Gasteiger partial charge in [0, 0.05) is 6.04 Å². The summed E-state index contributed by atoms with van der Waals surface area (Å²) in [7, 11) is 0.324. The Kier molecular flexibility index (Phi) is 17.7. The van der Waals surface area contributed by atoms with E-state index in [1.807, 2.05) is 6.92 Å². The quantitative estimate of drug-likeness (QED) is 0.164. The molecule has 0 saturated heterocycles. The zero-order valence-corrected chi connectivity index (χ0v) is 25.8. The monoisotopic (exact) mass is 552 g/mol. The van der Waals surface area contributed by atoms with Gasteiger partial charge in [0.15, 0.2) is 0 Å². The molecule has 0 aromatic rings. The Labute approximate surface area is 193 Å². The molecule has 4 nitrogen and oxygen atoms in total. The van der Waals surface area contributed by atoms with E-state index in [4.69, 9.17) is 9.47 Å². The van der Waals surface area contributed by atoms with Gasteiger partial charge in [-0.25, -0.2) is 0 Å². The molecule has 0 N–H and O–H groups in total. The third-order valence-corrected chi connectivity index (χ3v) is 26.8.